The van der Waals surface area contributed by atoms with Gasteiger partial charge in [-0.2, -0.15) is 35.0 Å². The second-order valence-electron chi connectivity index (χ2n) is 13.9. The third-order valence-electron chi connectivity index (χ3n) is 9.29. The number of ether oxygens (including phenoxy) is 1. The van der Waals surface area contributed by atoms with Gasteiger partial charge >= 0.3 is 5.97 Å². The molecule has 28 heteroatoms. The molecule has 0 saturated carbocycles. The Morgan fingerprint density at radius 1 is 0.742 bits per heavy atom. The average Bonchev–Trinajstić information content (AvgIpc) is 3.78. The van der Waals surface area contributed by atoms with E-state index < -0.39 is 91.9 Å². The van der Waals surface area contributed by atoms with Crippen LogP contribution in [0.15, 0.2) is 113 Å². The van der Waals surface area contributed by atoms with Crippen LogP contribution in [0.2, 0.25) is 0 Å². The summed E-state index contributed by atoms with van der Waals surface area (Å²) in [7, 11) is -14.5. The van der Waals surface area contributed by atoms with Crippen molar-refractivity contribution in [3.8, 4) is 28.8 Å². The SMILES string of the molecule is Cc1cc(N=Nc2ccc3c(S(=O)(=O)O)c(N=Nc4c(C)nn(-c5cc(S(=O)(=O)O)cc(C(=O)O)c5O)c4O)ccc3c2O)c(OCCCS(=O)(=O)O)cc1N=Nc1nc2ccccc2s1. The molecule has 0 radical (unpaired) electrons. The minimum atomic E-state index is -5.17. The smallest absolute Gasteiger partial charge is 0.339 e. The number of carboxylic acid groups (broad SMARTS) is 1. The summed E-state index contributed by atoms with van der Waals surface area (Å²) >= 11 is 1.31. The Balaban J connectivity index is 1.23. The molecule has 66 heavy (non-hydrogen) atoms. The number of hydrogen-bond acceptors (Lipinski definition) is 20. The number of benzene rings is 5. The maximum absolute atomic E-state index is 12.8. The Labute approximate surface area is 375 Å². The number of nitrogens with zero attached hydrogens (tertiary/aromatic N) is 9. The summed E-state index contributed by atoms with van der Waals surface area (Å²) < 4.78 is 108. The van der Waals surface area contributed by atoms with Gasteiger partial charge in [0.2, 0.25) is 11.0 Å². The highest BCUT2D eigenvalue weighted by molar-refractivity contribution is 7.86. The van der Waals surface area contributed by atoms with Crippen LogP contribution < -0.4 is 4.74 Å². The molecular formula is C38H31N9O15S4. The Morgan fingerprint density at radius 3 is 2.09 bits per heavy atom. The Hall–Kier alpha value is -7.34. The molecule has 2 aromatic heterocycles. The lowest BCUT2D eigenvalue weighted by atomic mass is 10.1. The number of phenolic OH excluding ortho intramolecular Hbond substituents is 1. The number of hydrogen-bond donors (Lipinski definition) is 7. The quantitative estimate of drug-likeness (QED) is 0.0287. The van der Waals surface area contributed by atoms with Crippen LogP contribution in [0.1, 0.15) is 28.0 Å². The monoisotopic (exact) mass is 981 g/mol. The summed E-state index contributed by atoms with van der Waals surface area (Å²) in [5, 5.41) is 70.9. The first-order chi connectivity index (χ1) is 31.0. The van der Waals surface area contributed by atoms with Crippen LogP contribution in [0.5, 0.6) is 23.1 Å². The first-order valence-electron chi connectivity index (χ1n) is 18.5. The van der Waals surface area contributed by atoms with E-state index in [0.29, 0.717) is 33.2 Å². The van der Waals surface area contributed by atoms with Gasteiger partial charge in [-0.15, -0.1) is 30.7 Å². The fourth-order valence-electron chi connectivity index (χ4n) is 6.23. The lowest BCUT2D eigenvalue weighted by Crippen LogP contribution is -2.08. The topological polar surface area (TPSA) is 375 Å². The zero-order chi connectivity index (χ0) is 47.9. The number of aromatic carboxylic acids is 1. The molecule has 0 unspecified atom stereocenters. The summed E-state index contributed by atoms with van der Waals surface area (Å²) in [5.74, 6) is -4.96. The van der Waals surface area contributed by atoms with Gasteiger partial charge in [0, 0.05) is 16.8 Å². The van der Waals surface area contributed by atoms with Crippen LogP contribution in [0.25, 0.3) is 26.7 Å². The number of thiazole rings is 1. The van der Waals surface area contributed by atoms with Gasteiger partial charge in [-0.25, -0.2) is 9.78 Å². The second kappa shape index (κ2) is 17.9. The van der Waals surface area contributed by atoms with Crippen molar-refractivity contribution in [2.75, 3.05) is 12.4 Å². The van der Waals surface area contributed by atoms with Crippen LogP contribution >= 0.6 is 11.3 Å². The largest absolute Gasteiger partial charge is 0.505 e. The van der Waals surface area contributed by atoms with Gasteiger partial charge in [0.1, 0.15) is 39.0 Å². The Bertz CT molecular complexity index is 3540. The number of carboxylic acids is 1. The molecule has 2 heterocycles. The molecule has 0 amide bonds. The van der Waals surface area contributed by atoms with Crippen LogP contribution in [-0.4, -0.2) is 92.4 Å². The fraction of sp³-hybridized carbons (Fsp3) is 0.132. The molecule has 0 aliphatic rings. The zero-order valence-electron chi connectivity index (χ0n) is 33.6. The van der Waals surface area contributed by atoms with E-state index in [1.54, 1.807) is 6.92 Å². The van der Waals surface area contributed by atoms with Crippen molar-refractivity contribution in [3.63, 3.8) is 0 Å². The average molecular weight is 982 g/mol. The van der Waals surface area contributed by atoms with Crippen molar-refractivity contribution in [3.05, 3.63) is 89.6 Å². The van der Waals surface area contributed by atoms with Crippen LogP contribution in [0.4, 0.5) is 33.6 Å². The second-order valence-corrected chi connectivity index (χ2v) is 19.2. The number of azo groups is 3. The summed E-state index contributed by atoms with van der Waals surface area (Å²) in [4.78, 5) is 14.3. The normalized spacial score (nSPS) is 12.7. The van der Waals surface area contributed by atoms with Gasteiger partial charge in [-0.05, 0) is 74.4 Å². The van der Waals surface area contributed by atoms with E-state index in [1.807, 2.05) is 24.3 Å². The van der Waals surface area contributed by atoms with Gasteiger partial charge in [0.05, 0.1) is 38.9 Å². The van der Waals surface area contributed by atoms with Gasteiger partial charge in [-0.1, -0.05) is 29.5 Å². The van der Waals surface area contributed by atoms with Crippen molar-refractivity contribution < 1.29 is 68.9 Å². The van der Waals surface area contributed by atoms with Crippen molar-refractivity contribution in [1.82, 2.24) is 14.8 Å². The zero-order valence-corrected chi connectivity index (χ0v) is 36.9. The lowest BCUT2D eigenvalue weighted by Gasteiger charge is -2.11. The molecule has 0 saturated heterocycles. The highest BCUT2D eigenvalue weighted by Gasteiger charge is 2.27. The summed E-state index contributed by atoms with van der Waals surface area (Å²) in [6, 6.07) is 16.1. The lowest BCUT2D eigenvalue weighted by molar-refractivity contribution is 0.0693. The molecule has 0 fully saturated rings. The summed E-state index contributed by atoms with van der Waals surface area (Å²) in [5.41, 5.74) is -1.41. The first-order valence-corrected chi connectivity index (χ1v) is 23.8. The Kier molecular flexibility index (Phi) is 12.7. The molecular weight excluding hydrogens is 951 g/mol. The molecule has 0 aliphatic carbocycles. The molecule has 24 nitrogen and oxygen atoms in total. The third kappa shape index (κ3) is 9.97. The molecule has 0 spiro atoms. The van der Waals surface area contributed by atoms with E-state index in [2.05, 4.69) is 40.8 Å². The molecule has 0 bridgehead atoms. The summed E-state index contributed by atoms with van der Waals surface area (Å²) in [6.45, 7) is 2.76. The molecule has 342 valence electrons. The minimum Gasteiger partial charge on any atom is -0.505 e. The highest BCUT2D eigenvalue weighted by Crippen LogP contribution is 2.44. The van der Waals surface area contributed by atoms with Crippen molar-refractivity contribution in [2.45, 2.75) is 30.1 Å². The fourth-order valence-corrected chi connectivity index (χ4v) is 8.85. The van der Waals surface area contributed by atoms with Crippen molar-refractivity contribution in [1.29, 1.82) is 0 Å². The van der Waals surface area contributed by atoms with Crippen molar-refractivity contribution in [2.24, 2.45) is 30.7 Å². The number of aryl methyl sites for hydroxylation is 2. The molecule has 7 N–H and O–H groups in total. The van der Waals surface area contributed by atoms with E-state index >= 15 is 0 Å². The molecule has 7 aromatic rings. The molecule has 5 aromatic carbocycles. The maximum Gasteiger partial charge on any atom is 0.339 e. The van der Waals surface area contributed by atoms with Crippen molar-refractivity contribution >= 4 is 102 Å². The summed E-state index contributed by atoms with van der Waals surface area (Å²) in [6.07, 6.45) is -0.104. The molecule has 0 atom stereocenters. The highest BCUT2D eigenvalue weighted by atomic mass is 32.2. The Morgan fingerprint density at radius 2 is 1.41 bits per heavy atom. The number of rotatable bonds is 15. The van der Waals surface area contributed by atoms with E-state index in [1.165, 1.54) is 42.5 Å². The minimum absolute atomic E-state index is 0.0575. The number of fused-ring (bicyclic) bond motifs is 2. The number of carbonyl (C=O) groups is 1. The van der Waals surface area contributed by atoms with E-state index in [9.17, 15) is 64.1 Å². The number of phenols is 2. The van der Waals surface area contributed by atoms with Gasteiger partial charge in [0.15, 0.2) is 17.2 Å². The van der Waals surface area contributed by atoms with Gasteiger partial charge in [0.25, 0.3) is 30.4 Å². The van der Waals surface area contributed by atoms with Crippen LogP contribution in [-0.2, 0) is 30.4 Å². The number of aromatic nitrogens is 3. The van der Waals surface area contributed by atoms with E-state index in [0.717, 1.165) is 22.3 Å². The molecule has 0 aliphatic heterocycles. The van der Waals surface area contributed by atoms with Crippen LogP contribution in [0.3, 0.4) is 0 Å². The predicted molar refractivity (Wildman–Crippen MR) is 234 cm³/mol. The van der Waals surface area contributed by atoms with E-state index in [-0.39, 0.29) is 46.6 Å². The molecule has 7 rings (SSSR count). The van der Waals surface area contributed by atoms with E-state index in [4.69, 9.17) is 4.74 Å². The predicted octanol–water partition coefficient (Wildman–Crippen LogP) is 8.46. The standard InChI is InChI=1S/C38H31N9O15S4/c1-18-14-28(30(62-12-5-13-64(53,54)55)17-27(18)42-45-38-39-24-6-3-4-7-31(24)63-38)43-40-25-10-9-22-21(33(25)48)8-11-26(35(22)66(59,60)61)41-44-32-19(2)46-47(36(32)50)29-16-20(65(56,57)58)15-23(34(29)49)37(51)52/h3-4,6-11,14-17,48-50H,5,12-13H2,1-2H3,(H,51,52)(H,53,54,55)(H,56,57,58)(H,59,60,61). The number of aromatic hydroxyl groups is 3. The van der Waals surface area contributed by atoms with Gasteiger partial charge in [-0.3, -0.25) is 13.7 Å². The first kappa shape index (κ1) is 46.6. The maximum atomic E-state index is 12.8. The number of para-hydroxylation sites is 1. The third-order valence-corrected chi connectivity index (χ3v) is 12.8. The van der Waals surface area contributed by atoms with Crippen LogP contribution in [0, 0.1) is 13.8 Å². The van der Waals surface area contributed by atoms with Gasteiger partial charge < -0.3 is 25.2 Å².